The summed E-state index contributed by atoms with van der Waals surface area (Å²) in [5.41, 5.74) is 5.67. The number of nitrogens with one attached hydrogen (secondary N) is 1. The van der Waals surface area contributed by atoms with Crippen LogP contribution in [0.15, 0.2) is 61.2 Å². The molecular formula is C15H14N4O. The summed E-state index contributed by atoms with van der Waals surface area (Å²) in [7, 11) is 1.88. The largest absolute Gasteiger partial charge is 0.381 e. The van der Waals surface area contributed by atoms with E-state index in [2.05, 4.69) is 15.6 Å². The topological polar surface area (TPSA) is 52.0 Å². The molecule has 3 rings (SSSR count). The predicted molar refractivity (Wildman–Crippen MR) is 77.1 cm³/mol. The fraction of sp³-hybridized carbons (Fsp3) is 0.0667. The minimum atomic E-state index is 0.705. The van der Waals surface area contributed by atoms with E-state index in [4.69, 9.17) is 4.84 Å². The Labute approximate surface area is 116 Å². The van der Waals surface area contributed by atoms with E-state index in [9.17, 15) is 0 Å². The molecule has 3 aromatic rings. The summed E-state index contributed by atoms with van der Waals surface area (Å²) < 4.78 is 1.75. The molecule has 0 aliphatic rings. The second-order valence-corrected chi connectivity index (χ2v) is 4.34. The van der Waals surface area contributed by atoms with Gasteiger partial charge in [-0.25, -0.2) is 5.48 Å². The third-order valence-corrected chi connectivity index (χ3v) is 2.85. The van der Waals surface area contributed by atoms with Crippen molar-refractivity contribution in [2.75, 3.05) is 5.48 Å². The van der Waals surface area contributed by atoms with Crippen LogP contribution in [0, 0.1) is 0 Å². The van der Waals surface area contributed by atoms with Gasteiger partial charge in [0.2, 0.25) is 0 Å². The fourth-order valence-electron chi connectivity index (χ4n) is 1.87. The number of pyridine rings is 1. The van der Waals surface area contributed by atoms with Gasteiger partial charge in [0.25, 0.3) is 0 Å². The highest BCUT2D eigenvalue weighted by Crippen LogP contribution is 2.28. The molecule has 0 aliphatic heterocycles. The maximum Gasteiger partial charge on any atom is 0.166 e. The summed E-state index contributed by atoms with van der Waals surface area (Å²) in [6.45, 7) is 0. The molecule has 0 bridgehead atoms. The van der Waals surface area contributed by atoms with Gasteiger partial charge in [-0.2, -0.15) is 5.10 Å². The van der Waals surface area contributed by atoms with Crippen LogP contribution in [0.1, 0.15) is 0 Å². The Morgan fingerprint density at radius 1 is 1.10 bits per heavy atom. The zero-order valence-corrected chi connectivity index (χ0v) is 11.0. The van der Waals surface area contributed by atoms with Gasteiger partial charge in [0, 0.05) is 42.8 Å². The van der Waals surface area contributed by atoms with Crippen LogP contribution in [0.2, 0.25) is 0 Å². The SMILES string of the molecule is Cn1cc(-c2cnccc2ONc2ccccc2)cn1. The zero-order valence-electron chi connectivity index (χ0n) is 11.0. The van der Waals surface area contributed by atoms with Crippen molar-refractivity contribution in [3.8, 4) is 16.9 Å². The predicted octanol–water partition coefficient (Wildman–Crippen LogP) is 2.89. The number of aryl methyl sites for hydroxylation is 1. The van der Waals surface area contributed by atoms with Crippen molar-refractivity contribution in [3.63, 3.8) is 0 Å². The van der Waals surface area contributed by atoms with E-state index in [1.165, 1.54) is 0 Å². The van der Waals surface area contributed by atoms with Crippen molar-refractivity contribution in [2.24, 2.45) is 7.05 Å². The molecule has 20 heavy (non-hydrogen) atoms. The number of nitrogens with zero attached hydrogens (tertiary/aromatic N) is 3. The summed E-state index contributed by atoms with van der Waals surface area (Å²) in [6, 6.07) is 11.5. The van der Waals surface area contributed by atoms with Crippen LogP contribution in [0.3, 0.4) is 0 Å². The Hall–Kier alpha value is -2.82. The highest BCUT2D eigenvalue weighted by atomic mass is 16.6. The van der Waals surface area contributed by atoms with Crippen LogP contribution < -0.4 is 10.3 Å². The Kier molecular flexibility index (Phi) is 3.33. The summed E-state index contributed by atoms with van der Waals surface area (Å²) in [4.78, 5) is 9.80. The van der Waals surface area contributed by atoms with Gasteiger partial charge >= 0.3 is 0 Å². The lowest BCUT2D eigenvalue weighted by Gasteiger charge is -2.10. The Morgan fingerprint density at radius 2 is 1.95 bits per heavy atom. The van der Waals surface area contributed by atoms with Crippen molar-refractivity contribution < 1.29 is 4.84 Å². The number of anilines is 1. The van der Waals surface area contributed by atoms with E-state index in [0.717, 1.165) is 16.8 Å². The average Bonchev–Trinajstić information content (AvgIpc) is 2.93. The molecule has 100 valence electrons. The van der Waals surface area contributed by atoms with E-state index in [0.29, 0.717) is 5.75 Å². The molecule has 0 aliphatic carbocycles. The van der Waals surface area contributed by atoms with Crippen LogP contribution >= 0.6 is 0 Å². The third kappa shape index (κ3) is 2.61. The average molecular weight is 266 g/mol. The van der Waals surface area contributed by atoms with Crippen LogP contribution in [0.5, 0.6) is 5.75 Å². The van der Waals surface area contributed by atoms with Crippen LogP contribution in [-0.4, -0.2) is 14.8 Å². The first-order chi connectivity index (χ1) is 9.83. The van der Waals surface area contributed by atoms with Crippen LogP contribution in [0.25, 0.3) is 11.1 Å². The van der Waals surface area contributed by atoms with Crippen molar-refractivity contribution in [1.82, 2.24) is 14.8 Å². The standard InChI is InChI=1S/C15H14N4O/c1-19-11-12(9-17-19)14-10-16-8-7-15(14)20-18-13-5-3-2-4-6-13/h2-11,18H,1H3. The molecule has 0 unspecified atom stereocenters. The molecule has 0 fully saturated rings. The van der Waals surface area contributed by atoms with Crippen molar-refractivity contribution >= 4 is 5.69 Å². The first-order valence-electron chi connectivity index (χ1n) is 6.24. The van der Waals surface area contributed by atoms with E-state index in [1.807, 2.05) is 49.6 Å². The molecule has 0 saturated heterocycles. The molecule has 2 aromatic heterocycles. The van der Waals surface area contributed by atoms with Crippen LogP contribution in [-0.2, 0) is 7.05 Å². The summed E-state index contributed by atoms with van der Waals surface area (Å²) >= 11 is 0. The number of para-hydroxylation sites is 1. The molecule has 0 saturated carbocycles. The van der Waals surface area contributed by atoms with Crippen LogP contribution in [0.4, 0.5) is 5.69 Å². The number of rotatable bonds is 4. The van der Waals surface area contributed by atoms with Crippen molar-refractivity contribution in [1.29, 1.82) is 0 Å². The summed E-state index contributed by atoms with van der Waals surface area (Å²) in [5, 5.41) is 4.17. The van der Waals surface area contributed by atoms with E-state index < -0.39 is 0 Å². The zero-order chi connectivity index (χ0) is 13.8. The highest BCUT2D eigenvalue weighted by molar-refractivity contribution is 5.68. The lowest BCUT2D eigenvalue weighted by Crippen LogP contribution is -2.05. The minimum absolute atomic E-state index is 0.705. The Morgan fingerprint density at radius 3 is 2.70 bits per heavy atom. The number of hydrogen-bond donors (Lipinski definition) is 1. The van der Waals surface area contributed by atoms with Crippen molar-refractivity contribution in [3.05, 3.63) is 61.2 Å². The van der Waals surface area contributed by atoms with E-state index in [1.54, 1.807) is 23.3 Å². The second kappa shape index (κ2) is 5.44. The smallest absolute Gasteiger partial charge is 0.166 e. The number of benzene rings is 1. The molecular weight excluding hydrogens is 252 g/mol. The quantitative estimate of drug-likeness (QED) is 0.738. The van der Waals surface area contributed by atoms with Gasteiger partial charge in [0.15, 0.2) is 5.75 Å². The molecule has 5 nitrogen and oxygen atoms in total. The van der Waals surface area contributed by atoms with E-state index in [-0.39, 0.29) is 0 Å². The van der Waals surface area contributed by atoms with Gasteiger partial charge < -0.3 is 4.84 Å². The maximum absolute atomic E-state index is 5.66. The first-order valence-corrected chi connectivity index (χ1v) is 6.24. The van der Waals surface area contributed by atoms with Gasteiger partial charge in [-0.1, -0.05) is 18.2 Å². The lowest BCUT2D eigenvalue weighted by molar-refractivity contribution is 0.406. The van der Waals surface area contributed by atoms with Gasteiger partial charge in [0.05, 0.1) is 11.9 Å². The Bertz CT molecular complexity index is 694. The lowest BCUT2D eigenvalue weighted by atomic mass is 10.1. The fourth-order valence-corrected chi connectivity index (χ4v) is 1.87. The molecule has 0 amide bonds. The monoisotopic (exact) mass is 266 g/mol. The molecule has 0 atom stereocenters. The van der Waals surface area contributed by atoms with Gasteiger partial charge in [-0.3, -0.25) is 9.67 Å². The van der Waals surface area contributed by atoms with Gasteiger partial charge in [-0.15, -0.1) is 0 Å². The first kappa shape index (κ1) is 12.2. The third-order valence-electron chi connectivity index (χ3n) is 2.85. The molecule has 2 heterocycles. The molecule has 0 radical (unpaired) electrons. The molecule has 0 spiro atoms. The minimum Gasteiger partial charge on any atom is -0.381 e. The van der Waals surface area contributed by atoms with E-state index >= 15 is 0 Å². The molecule has 1 aromatic carbocycles. The van der Waals surface area contributed by atoms with Crippen molar-refractivity contribution in [2.45, 2.75) is 0 Å². The number of aromatic nitrogens is 3. The summed E-state index contributed by atoms with van der Waals surface area (Å²) in [5.74, 6) is 0.705. The molecule has 1 N–H and O–H groups in total. The van der Waals surface area contributed by atoms with Gasteiger partial charge in [-0.05, 0) is 12.1 Å². The number of hydrogen-bond acceptors (Lipinski definition) is 4. The maximum atomic E-state index is 5.66. The van der Waals surface area contributed by atoms with Gasteiger partial charge in [0.1, 0.15) is 0 Å². The summed E-state index contributed by atoms with van der Waals surface area (Å²) in [6.07, 6.45) is 7.17. The Balaban J connectivity index is 1.83. The normalized spacial score (nSPS) is 10.2. The molecule has 5 heteroatoms. The second-order valence-electron chi connectivity index (χ2n) is 4.34. The highest BCUT2D eigenvalue weighted by Gasteiger charge is 2.08.